The number of para-hydroxylation sites is 1. The first-order chi connectivity index (χ1) is 9.83. The molecule has 0 saturated carbocycles. The van der Waals surface area contributed by atoms with Crippen molar-refractivity contribution in [2.75, 3.05) is 32.0 Å². The molecule has 1 fully saturated rings. The molecule has 1 saturated heterocycles. The Morgan fingerprint density at radius 1 is 1.35 bits per heavy atom. The van der Waals surface area contributed by atoms with Gasteiger partial charge in [0, 0.05) is 30.4 Å². The van der Waals surface area contributed by atoms with Crippen LogP contribution in [0, 0.1) is 0 Å². The number of likely N-dealkylation sites (N-methyl/N-ethyl adjacent to an activating group) is 1. The van der Waals surface area contributed by atoms with Crippen molar-refractivity contribution < 1.29 is 0 Å². The summed E-state index contributed by atoms with van der Waals surface area (Å²) in [4.78, 5) is 6.80. The van der Waals surface area contributed by atoms with Crippen molar-refractivity contribution in [3.05, 3.63) is 36.3 Å². The summed E-state index contributed by atoms with van der Waals surface area (Å²) in [5.74, 6) is 0. The summed E-state index contributed by atoms with van der Waals surface area (Å²) in [6.07, 6.45) is 6.34. The molecule has 2 aliphatic rings. The van der Waals surface area contributed by atoms with Crippen molar-refractivity contribution in [2.45, 2.75) is 18.9 Å². The Balaban J connectivity index is 1.77. The zero-order valence-electron chi connectivity index (χ0n) is 11.8. The first kappa shape index (κ1) is 12.0. The molecule has 0 amide bonds. The number of imidazole rings is 1. The van der Waals surface area contributed by atoms with Gasteiger partial charge in [-0.1, -0.05) is 18.2 Å². The SMILES string of the molecule is CN1CCC(n2cncc2-c2cccc3c2NCC3)C1. The minimum absolute atomic E-state index is 0.551. The summed E-state index contributed by atoms with van der Waals surface area (Å²) in [6, 6.07) is 7.15. The van der Waals surface area contributed by atoms with Crippen LogP contribution in [0.1, 0.15) is 18.0 Å². The predicted molar refractivity (Wildman–Crippen MR) is 81.0 cm³/mol. The molecular weight excluding hydrogens is 248 g/mol. The number of anilines is 1. The maximum Gasteiger partial charge on any atom is 0.0954 e. The van der Waals surface area contributed by atoms with Gasteiger partial charge in [0.25, 0.3) is 0 Å². The van der Waals surface area contributed by atoms with Crippen molar-refractivity contribution in [2.24, 2.45) is 0 Å². The van der Waals surface area contributed by atoms with E-state index in [4.69, 9.17) is 0 Å². The summed E-state index contributed by atoms with van der Waals surface area (Å²) in [5.41, 5.74) is 5.28. The van der Waals surface area contributed by atoms with E-state index in [0.717, 1.165) is 19.5 Å². The zero-order chi connectivity index (χ0) is 13.5. The number of aromatic nitrogens is 2. The molecule has 1 unspecified atom stereocenters. The molecule has 4 nitrogen and oxygen atoms in total. The summed E-state index contributed by atoms with van der Waals surface area (Å²) >= 11 is 0. The fraction of sp³-hybridized carbons (Fsp3) is 0.438. The normalized spacial score (nSPS) is 21.9. The van der Waals surface area contributed by atoms with Crippen LogP contribution in [-0.2, 0) is 6.42 Å². The van der Waals surface area contributed by atoms with Crippen LogP contribution < -0.4 is 5.32 Å². The molecule has 1 atom stereocenters. The largest absolute Gasteiger partial charge is 0.384 e. The van der Waals surface area contributed by atoms with E-state index >= 15 is 0 Å². The van der Waals surface area contributed by atoms with E-state index in [-0.39, 0.29) is 0 Å². The summed E-state index contributed by atoms with van der Waals surface area (Å²) < 4.78 is 2.36. The zero-order valence-corrected chi connectivity index (χ0v) is 11.8. The fourth-order valence-corrected chi connectivity index (χ4v) is 3.50. The Morgan fingerprint density at radius 2 is 2.30 bits per heavy atom. The minimum atomic E-state index is 0.551. The Bertz CT molecular complexity index is 631. The third-order valence-electron chi connectivity index (χ3n) is 4.55. The van der Waals surface area contributed by atoms with Gasteiger partial charge in [-0.3, -0.25) is 0 Å². The summed E-state index contributed by atoms with van der Waals surface area (Å²) in [5, 5.41) is 3.53. The number of rotatable bonds is 2. The predicted octanol–water partition coefficient (Wildman–Crippen LogP) is 2.39. The van der Waals surface area contributed by atoms with E-state index in [1.54, 1.807) is 0 Å². The fourth-order valence-electron chi connectivity index (χ4n) is 3.50. The molecule has 1 aromatic carbocycles. The third-order valence-corrected chi connectivity index (χ3v) is 4.55. The van der Waals surface area contributed by atoms with Gasteiger partial charge in [-0.2, -0.15) is 0 Å². The maximum absolute atomic E-state index is 4.41. The quantitative estimate of drug-likeness (QED) is 0.908. The number of hydrogen-bond donors (Lipinski definition) is 1. The number of nitrogens with one attached hydrogen (secondary N) is 1. The van der Waals surface area contributed by atoms with Gasteiger partial charge in [-0.05, 0) is 32.0 Å². The van der Waals surface area contributed by atoms with E-state index in [1.807, 2.05) is 12.5 Å². The summed E-state index contributed by atoms with van der Waals surface area (Å²) in [7, 11) is 2.19. The molecule has 20 heavy (non-hydrogen) atoms. The van der Waals surface area contributed by atoms with Gasteiger partial charge in [-0.15, -0.1) is 0 Å². The molecular formula is C16H20N4. The van der Waals surface area contributed by atoms with E-state index in [0.29, 0.717) is 6.04 Å². The molecule has 4 rings (SSSR count). The van der Waals surface area contributed by atoms with Crippen molar-refractivity contribution in [3.63, 3.8) is 0 Å². The average Bonchev–Trinajstić information content (AvgIpc) is 3.17. The molecule has 4 heteroatoms. The Labute approximate surface area is 119 Å². The first-order valence-electron chi connectivity index (χ1n) is 7.39. The molecule has 2 aromatic rings. The second-order valence-corrected chi connectivity index (χ2v) is 5.91. The van der Waals surface area contributed by atoms with Crippen molar-refractivity contribution in [1.29, 1.82) is 0 Å². The second kappa shape index (κ2) is 4.63. The molecule has 0 radical (unpaired) electrons. The minimum Gasteiger partial charge on any atom is -0.384 e. The number of hydrogen-bond acceptors (Lipinski definition) is 3. The highest BCUT2D eigenvalue weighted by molar-refractivity contribution is 5.79. The monoisotopic (exact) mass is 268 g/mol. The van der Waals surface area contributed by atoms with Gasteiger partial charge in [-0.25, -0.2) is 4.98 Å². The van der Waals surface area contributed by atoms with Crippen molar-refractivity contribution >= 4 is 5.69 Å². The van der Waals surface area contributed by atoms with Gasteiger partial charge < -0.3 is 14.8 Å². The number of benzene rings is 1. The number of fused-ring (bicyclic) bond motifs is 1. The average molecular weight is 268 g/mol. The lowest BCUT2D eigenvalue weighted by Gasteiger charge is -2.17. The van der Waals surface area contributed by atoms with Gasteiger partial charge in [0.15, 0.2) is 0 Å². The van der Waals surface area contributed by atoms with Gasteiger partial charge in [0.2, 0.25) is 0 Å². The van der Waals surface area contributed by atoms with Gasteiger partial charge in [0.1, 0.15) is 0 Å². The van der Waals surface area contributed by atoms with Crippen LogP contribution in [0.25, 0.3) is 11.3 Å². The van der Waals surface area contributed by atoms with Crippen LogP contribution in [-0.4, -0.2) is 41.1 Å². The smallest absolute Gasteiger partial charge is 0.0954 e. The van der Waals surface area contributed by atoms with E-state index < -0.39 is 0 Å². The van der Waals surface area contributed by atoms with E-state index in [9.17, 15) is 0 Å². The van der Waals surface area contributed by atoms with Crippen molar-refractivity contribution in [3.8, 4) is 11.3 Å². The van der Waals surface area contributed by atoms with Crippen LogP contribution in [0.5, 0.6) is 0 Å². The van der Waals surface area contributed by atoms with Crippen LogP contribution in [0.3, 0.4) is 0 Å². The van der Waals surface area contributed by atoms with Gasteiger partial charge in [0.05, 0.1) is 18.2 Å². The molecule has 2 aliphatic heterocycles. The van der Waals surface area contributed by atoms with Gasteiger partial charge >= 0.3 is 0 Å². The maximum atomic E-state index is 4.41. The van der Waals surface area contributed by atoms with Crippen LogP contribution >= 0.6 is 0 Å². The Kier molecular flexibility index (Phi) is 2.77. The van der Waals surface area contributed by atoms with Crippen molar-refractivity contribution in [1.82, 2.24) is 14.5 Å². The highest BCUT2D eigenvalue weighted by Crippen LogP contribution is 2.36. The van der Waals surface area contributed by atoms with Crippen LogP contribution in [0.2, 0.25) is 0 Å². The molecule has 0 bridgehead atoms. The number of nitrogens with zero attached hydrogens (tertiary/aromatic N) is 3. The highest BCUT2D eigenvalue weighted by Gasteiger charge is 2.24. The van der Waals surface area contributed by atoms with E-state index in [1.165, 1.54) is 35.5 Å². The first-order valence-corrected chi connectivity index (χ1v) is 7.39. The topological polar surface area (TPSA) is 33.1 Å². The summed E-state index contributed by atoms with van der Waals surface area (Å²) in [6.45, 7) is 3.34. The molecule has 1 N–H and O–H groups in total. The molecule has 0 spiro atoms. The second-order valence-electron chi connectivity index (χ2n) is 5.91. The van der Waals surface area contributed by atoms with Crippen LogP contribution in [0.15, 0.2) is 30.7 Å². The lowest BCUT2D eigenvalue weighted by molar-refractivity contribution is 0.393. The van der Waals surface area contributed by atoms with E-state index in [2.05, 4.69) is 45.0 Å². The standard InChI is InChI=1S/C16H20N4/c1-19-8-6-13(10-19)20-11-17-9-15(20)14-4-2-3-12-5-7-18-16(12)14/h2-4,9,11,13,18H,5-8,10H2,1H3. The molecule has 0 aliphatic carbocycles. The number of likely N-dealkylation sites (tertiary alicyclic amines) is 1. The van der Waals surface area contributed by atoms with Crippen LogP contribution in [0.4, 0.5) is 5.69 Å². The molecule has 3 heterocycles. The lowest BCUT2D eigenvalue weighted by Crippen LogP contribution is -2.16. The molecule has 1 aromatic heterocycles. The molecule has 104 valence electrons. The highest BCUT2D eigenvalue weighted by atomic mass is 15.2. The Morgan fingerprint density at radius 3 is 3.15 bits per heavy atom. The lowest BCUT2D eigenvalue weighted by atomic mass is 10.0. The third kappa shape index (κ3) is 1.83. The Hall–Kier alpha value is -1.81.